The summed E-state index contributed by atoms with van der Waals surface area (Å²) >= 11 is 0. The Balaban J connectivity index is 2.20. The lowest BCUT2D eigenvalue weighted by molar-refractivity contribution is -0.120. The van der Waals surface area contributed by atoms with Gasteiger partial charge in [0, 0.05) is 11.7 Å². The fourth-order valence-corrected chi connectivity index (χ4v) is 1.39. The van der Waals surface area contributed by atoms with Crippen molar-refractivity contribution in [3.8, 4) is 0 Å². The lowest BCUT2D eigenvalue weighted by Crippen LogP contribution is -2.40. The third-order valence-corrected chi connectivity index (χ3v) is 2.08. The van der Waals surface area contributed by atoms with Crippen molar-refractivity contribution in [1.82, 2.24) is 10.6 Å². The Bertz CT molecular complexity index is 390. The number of rotatable bonds is 6. The van der Waals surface area contributed by atoms with E-state index in [9.17, 15) is 9.59 Å². The van der Waals surface area contributed by atoms with E-state index in [2.05, 4.69) is 16.0 Å². The summed E-state index contributed by atoms with van der Waals surface area (Å²) in [5, 5.41) is 8.24. The van der Waals surface area contributed by atoms with Crippen molar-refractivity contribution in [1.29, 1.82) is 0 Å². The molecule has 0 aliphatic carbocycles. The molecule has 2 amide bonds. The van der Waals surface area contributed by atoms with Crippen LogP contribution >= 0.6 is 0 Å². The van der Waals surface area contributed by atoms with Gasteiger partial charge in [-0.15, -0.1) is 0 Å². The van der Waals surface area contributed by atoms with Crippen molar-refractivity contribution >= 4 is 17.5 Å². The fourth-order valence-electron chi connectivity index (χ4n) is 1.39. The van der Waals surface area contributed by atoms with E-state index in [-0.39, 0.29) is 30.9 Å². The van der Waals surface area contributed by atoms with Crippen LogP contribution in [-0.2, 0) is 9.59 Å². The maximum absolute atomic E-state index is 11.5. The van der Waals surface area contributed by atoms with Crippen LogP contribution in [0, 0.1) is 0 Å². The number of carbonyl (C=O) groups excluding carboxylic acids is 2. The van der Waals surface area contributed by atoms with Gasteiger partial charge in [0.15, 0.2) is 0 Å². The number of benzene rings is 1. The average molecular weight is 249 g/mol. The minimum absolute atomic E-state index is 0.109. The summed E-state index contributed by atoms with van der Waals surface area (Å²) in [4.78, 5) is 22.8. The molecule has 18 heavy (non-hydrogen) atoms. The number of hydrogen-bond donors (Lipinski definition) is 3. The van der Waals surface area contributed by atoms with Gasteiger partial charge in [0.1, 0.15) is 0 Å². The van der Waals surface area contributed by atoms with Gasteiger partial charge in [0.25, 0.3) is 0 Å². The summed E-state index contributed by atoms with van der Waals surface area (Å²) in [5.41, 5.74) is 0.746. The van der Waals surface area contributed by atoms with Crippen LogP contribution in [0.5, 0.6) is 0 Å². The summed E-state index contributed by atoms with van der Waals surface area (Å²) in [6.07, 6.45) is 0. The van der Waals surface area contributed by atoms with Gasteiger partial charge in [-0.05, 0) is 26.0 Å². The zero-order chi connectivity index (χ0) is 13.4. The summed E-state index contributed by atoms with van der Waals surface area (Å²) < 4.78 is 0. The van der Waals surface area contributed by atoms with E-state index < -0.39 is 0 Å². The zero-order valence-corrected chi connectivity index (χ0v) is 10.7. The predicted octanol–water partition coefficient (Wildman–Crippen LogP) is 0.739. The molecule has 0 aliphatic heterocycles. The van der Waals surface area contributed by atoms with E-state index in [0.29, 0.717) is 0 Å². The Morgan fingerprint density at radius 1 is 1.06 bits per heavy atom. The van der Waals surface area contributed by atoms with E-state index in [4.69, 9.17) is 0 Å². The van der Waals surface area contributed by atoms with Crippen molar-refractivity contribution in [3.63, 3.8) is 0 Å². The van der Waals surface area contributed by atoms with Crippen LogP contribution in [0.2, 0.25) is 0 Å². The van der Waals surface area contributed by atoms with E-state index >= 15 is 0 Å². The quantitative estimate of drug-likeness (QED) is 0.696. The van der Waals surface area contributed by atoms with Crippen LogP contribution in [0.1, 0.15) is 13.8 Å². The summed E-state index contributed by atoms with van der Waals surface area (Å²) in [7, 11) is 0. The van der Waals surface area contributed by atoms with Crippen molar-refractivity contribution in [2.24, 2.45) is 0 Å². The zero-order valence-electron chi connectivity index (χ0n) is 10.7. The third kappa shape index (κ3) is 6.00. The highest BCUT2D eigenvalue weighted by atomic mass is 16.2. The molecular formula is C13H19N3O2. The number of hydrogen-bond acceptors (Lipinski definition) is 3. The van der Waals surface area contributed by atoms with Crippen molar-refractivity contribution in [2.75, 3.05) is 18.4 Å². The van der Waals surface area contributed by atoms with Gasteiger partial charge in [0.05, 0.1) is 13.1 Å². The third-order valence-electron chi connectivity index (χ3n) is 2.08. The highest BCUT2D eigenvalue weighted by molar-refractivity contribution is 5.92. The molecular weight excluding hydrogens is 230 g/mol. The second-order valence-corrected chi connectivity index (χ2v) is 4.24. The summed E-state index contributed by atoms with van der Waals surface area (Å²) in [5.74, 6) is -0.281. The summed E-state index contributed by atoms with van der Waals surface area (Å²) in [6, 6.07) is 9.30. The molecule has 5 nitrogen and oxygen atoms in total. The maximum atomic E-state index is 11.5. The lowest BCUT2D eigenvalue weighted by Gasteiger charge is -2.09. The maximum Gasteiger partial charge on any atom is 0.238 e. The van der Waals surface area contributed by atoms with Crippen LogP contribution in [0.4, 0.5) is 5.69 Å². The molecule has 0 saturated carbocycles. The van der Waals surface area contributed by atoms with Crippen LogP contribution in [0.15, 0.2) is 30.3 Å². The number of nitrogens with one attached hydrogen (secondary N) is 3. The largest absolute Gasteiger partial charge is 0.353 e. The van der Waals surface area contributed by atoms with Crippen LogP contribution in [0.25, 0.3) is 0 Å². The average Bonchev–Trinajstić information content (AvgIpc) is 2.29. The van der Waals surface area contributed by atoms with Gasteiger partial charge < -0.3 is 10.6 Å². The van der Waals surface area contributed by atoms with Crippen molar-refractivity contribution in [2.45, 2.75) is 19.9 Å². The van der Waals surface area contributed by atoms with Gasteiger partial charge in [-0.1, -0.05) is 18.2 Å². The predicted molar refractivity (Wildman–Crippen MR) is 71.2 cm³/mol. The molecule has 1 rings (SSSR count). The first-order valence-electron chi connectivity index (χ1n) is 5.93. The molecule has 0 bridgehead atoms. The first-order valence-corrected chi connectivity index (χ1v) is 5.93. The van der Waals surface area contributed by atoms with Gasteiger partial charge in [0.2, 0.25) is 11.8 Å². The molecule has 0 saturated heterocycles. The monoisotopic (exact) mass is 249 g/mol. The molecule has 0 heterocycles. The molecule has 5 heteroatoms. The molecule has 3 N–H and O–H groups in total. The van der Waals surface area contributed by atoms with Crippen molar-refractivity contribution in [3.05, 3.63) is 30.3 Å². The number of para-hydroxylation sites is 1. The first-order chi connectivity index (χ1) is 8.58. The van der Waals surface area contributed by atoms with Crippen LogP contribution in [0.3, 0.4) is 0 Å². The topological polar surface area (TPSA) is 70.2 Å². The molecule has 0 unspecified atom stereocenters. The Labute approximate surface area is 107 Å². The van der Waals surface area contributed by atoms with Gasteiger partial charge in [-0.3, -0.25) is 14.9 Å². The smallest absolute Gasteiger partial charge is 0.238 e. The highest BCUT2D eigenvalue weighted by Crippen LogP contribution is 2.03. The molecule has 0 fully saturated rings. The highest BCUT2D eigenvalue weighted by Gasteiger charge is 2.05. The Kier molecular flexibility index (Phi) is 5.87. The Morgan fingerprint density at radius 3 is 2.28 bits per heavy atom. The van der Waals surface area contributed by atoms with Gasteiger partial charge in [-0.25, -0.2) is 0 Å². The molecule has 98 valence electrons. The number of amides is 2. The lowest BCUT2D eigenvalue weighted by atomic mass is 10.3. The molecule has 0 aliphatic rings. The molecule has 0 spiro atoms. The molecule has 1 aromatic carbocycles. The minimum atomic E-state index is -0.168. The molecule has 0 radical (unpaired) electrons. The standard InChI is InChI=1S/C13H19N3O2/c1-10(2)15-12(17)8-14-9-13(18)16-11-6-4-3-5-7-11/h3-7,10,14H,8-9H2,1-2H3,(H,15,17)(H,16,18). The van der Waals surface area contributed by atoms with E-state index in [1.54, 1.807) is 0 Å². The Hall–Kier alpha value is -1.88. The molecule has 1 aromatic rings. The van der Waals surface area contributed by atoms with Gasteiger partial charge in [-0.2, -0.15) is 0 Å². The summed E-state index contributed by atoms with van der Waals surface area (Å²) in [6.45, 7) is 4.03. The first kappa shape index (κ1) is 14.2. The second-order valence-electron chi connectivity index (χ2n) is 4.24. The number of carbonyl (C=O) groups is 2. The fraction of sp³-hybridized carbons (Fsp3) is 0.385. The van der Waals surface area contributed by atoms with Crippen LogP contribution < -0.4 is 16.0 Å². The molecule has 0 atom stereocenters. The normalized spacial score (nSPS) is 10.2. The minimum Gasteiger partial charge on any atom is -0.353 e. The van der Waals surface area contributed by atoms with Crippen molar-refractivity contribution < 1.29 is 9.59 Å². The van der Waals surface area contributed by atoms with E-state index in [1.807, 2.05) is 44.2 Å². The number of anilines is 1. The van der Waals surface area contributed by atoms with Gasteiger partial charge >= 0.3 is 0 Å². The van der Waals surface area contributed by atoms with E-state index in [1.165, 1.54) is 0 Å². The molecule has 0 aromatic heterocycles. The second kappa shape index (κ2) is 7.45. The van der Waals surface area contributed by atoms with E-state index in [0.717, 1.165) is 5.69 Å². The van der Waals surface area contributed by atoms with Crippen LogP contribution in [-0.4, -0.2) is 30.9 Å². The Morgan fingerprint density at radius 2 is 1.67 bits per heavy atom. The SMILES string of the molecule is CC(C)NC(=O)CNCC(=O)Nc1ccccc1.